The van der Waals surface area contributed by atoms with Gasteiger partial charge in [0.2, 0.25) is 0 Å². The number of para-hydroxylation sites is 1. The van der Waals surface area contributed by atoms with Crippen molar-refractivity contribution in [1.82, 2.24) is 10.6 Å². The van der Waals surface area contributed by atoms with Crippen molar-refractivity contribution in [2.24, 2.45) is 17.3 Å². The third-order valence-electron chi connectivity index (χ3n) is 6.12. The van der Waals surface area contributed by atoms with Crippen LogP contribution in [-0.2, 0) is 11.2 Å². The third kappa shape index (κ3) is 3.10. The summed E-state index contributed by atoms with van der Waals surface area (Å²) in [5, 5.41) is 6.24. The maximum atomic E-state index is 12.4. The van der Waals surface area contributed by atoms with Gasteiger partial charge in [0.1, 0.15) is 5.75 Å². The average molecular weight is 344 g/mol. The van der Waals surface area contributed by atoms with Gasteiger partial charge in [-0.05, 0) is 30.9 Å². The van der Waals surface area contributed by atoms with E-state index < -0.39 is 0 Å². The maximum absolute atomic E-state index is 12.4. The second-order valence-corrected chi connectivity index (χ2v) is 8.24. The van der Waals surface area contributed by atoms with Gasteiger partial charge in [-0.3, -0.25) is 0 Å². The first-order valence-electron chi connectivity index (χ1n) is 9.42. The smallest absolute Gasteiger partial charge is 0.315 e. The zero-order chi connectivity index (χ0) is 17.4. The minimum Gasteiger partial charge on any atom is -0.493 e. The predicted octanol–water partition coefficient (Wildman–Crippen LogP) is 2.74. The molecule has 0 aromatic heterocycles. The van der Waals surface area contributed by atoms with Gasteiger partial charge in [-0.15, -0.1) is 0 Å². The summed E-state index contributed by atoms with van der Waals surface area (Å²) in [4.78, 5) is 12.4. The Hall–Kier alpha value is -1.75. The van der Waals surface area contributed by atoms with E-state index in [0.717, 1.165) is 31.6 Å². The molecule has 2 aliphatic heterocycles. The number of hydrogen-bond acceptors (Lipinski definition) is 3. The molecule has 5 heteroatoms. The zero-order valence-electron chi connectivity index (χ0n) is 15.1. The summed E-state index contributed by atoms with van der Waals surface area (Å²) in [6.45, 7) is 6.53. The second kappa shape index (κ2) is 6.52. The zero-order valence-corrected chi connectivity index (χ0v) is 15.1. The molecule has 0 spiro atoms. The monoisotopic (exact) mass is 344 g/mol. The van der Waals surface area contributed by atoms with Crippen LogP contribution in [0.5, 0.6) is 5.75 Å². The summed E-state index contributed by atoms with van der Waals surface area (Å²) in [6.07, 6.45) is 3.47. The fourth-order valence-corrected chi connectivity index (χ4v) is 4.77. The molecule has 25 heavy (non-hydrogen) atoms. The summed E-state index contributed by atoms with van der Waals surface area (Å²) in [7, 11) is 0. The number of rotatable bonds is 3. The molecule has 1 aromatic rings. The average Bonchev–Trinajstić information content (AvgIpc) is 2.64. The topological polar surface area (TPSA) is 59.6 Å². The molecule has 0 bridgehead atoms. The van der Waals surface area contributed by atoms with Crippen molar-refractivity contribution in [2.75, 3.05) is 19.8 Å². The number of ether oxygens (including phenoxy) is 2. The highest BCUT2D eigenvalue weighted by Gasteiger charge is 2.58. The largest absolute Gasteiger partial charge is 0.493 e. The molecule has 1 aromatic carbocycles. The van der Waals surface area contributed by atoms with Crippen LogP contribution in [0.4, 0.5) is 4.79 Å². The summed E-state index contributed by atoms with van der Waals surface area (Å²) in [5.74, 6) is 1.75. The summed E-state index contributed by atoms with van der Waals surface area (Å²) in [5.41, 5.74) is 1.23. The van der Waals surface area contributed by atoms with Crippen molar-refractivity contribution in [1.29, 1.82) is 0 Å². The van der Waals surface area contributed by atoms with E-state index in [1.54, 1.807) is 0 Å². The first kappa shape index (κ1) is 16.7. The lowest BCUT2D eigenvalue weighted by Crippen LogP contribution is -2.70. The van der Waals surface area contributed by atoms with E-state index >= 15 is 0 Å². The molecule has 4 atom stereocenters. The Balaban J connectivity index is 1.27. The number of carbonyl (C=O) groups is 1. The van der Waals surface area contributed by atoms with Crippen molar-refractivity contribution in [3.63, 3.8) is 0 Å². The molecule has 1 saturated carbocycles. The first-order valence-corrected chi connectivity index (χ1v) is 9.42. The highest BCUT2D eigenvalue weighted by Crippen LogP contribution is 2.51. The number of nitrogens with one attached hydrogen (secondary N) is 2. The molecule has 2 amide bonds. The van der Waals surface area contributed by atoms with Crippen LogP contribution in [-0.4, -0.2) is 37.9 Å². The quantitative estimate of drug-likeness (QED) is 0.886. The lowest BCUT2D eigenvalue weighted by Gasteiger charge is -2.59. The van der Waals surface area contributed by atoms with Gasteiger partial charge in [0.15, 0.2) is 0 Å². The lowest BCUT2D eigenvalue weighted by atomic mass is 9.55. The fraction of sp³-hybridized carbons (Fsp3) is 0.650. The van der Waals surface area contributed by atoms with Crippen LogP contribution in [0.15, 0.2) is 24.3 Å². The van der Waals surface area contributed by atoms with Crippen LogP contribution in [0.2, 0.25) is 0 Å². The summed E-state index contributed by atoms with van der Waals surface area (Å²) < 4.78 is 11.7. The second-order valence-electron chi connectivity index (χ2n) is 8.24. The molecule has 1 aliphatic carbocycles. The molecule has 3 aliphatic rings. The number of hydrogen-bond donors (Lipinski definition) is 2. The van der Waals surface area contributed by atoms with Crippen LogP contribution in [0.25, 0.3) is 0 Å². The Bertz CT molecular complexity index is 646. The molecule has 136 valence electrons. The van der Waals surface area contributed by atoms with Gasteiger partial charge in [0, 0.05) is 36.4 Å². The minimum absolute atomic E-state index is 0.00924. The van der Waals surface area contributed by atoms with E-state index in [9.17, 15) is 4.79 Å². The lowest BCUT2D eigenvalue weighted by molar-refractivity contribution is -0.189. The van der Waals surface area contributed by atoms with Crippen molar-refractivity contribution in [3.8, 4) is 5.75 Å². The molecular weight excluding hydrogens is 316 g/mol. The minimum atomic E-state index is -0.0686. The van der Waals surface area contributed by atoms with E-state index in [4.69, 9.17) is 9.47 Å². The molecule has 5 nitrogen and oxygen atoms in total. The highest BCUT2D eigenvalue weighted by atomic mass is 16.5. The Morgan fingerprint density at radius 1 is 1.32 bits per heavy atom. The number of amides is 2. The third-order valence-corrected chi connectivity index (χ3v) is 6.12. The molecule has 0 unspecified atom stereocenters. The van der Waals surface area contributed by atoms with E-state index in [2.05, 4.69) is 30.5 Å². The van der Waals surface area contributed by atoms with Crippen LogP contribution >= 0.6 is 0 Å². The molecule has 4 rings (SSSR count). The number of urea groups is 1. The van der Waals surface area contributed by atoms with Gasteiger partial charge < -0.3 is 20.1 Å². The molecule has 2 N–H and O–H groups in total. The normalized spacial score (nSPS) is 32.4. The predicted molar refractivity (Wildman–Crippen MR) is 95.7 cm³/mol. The van der Waals surface area contributed by atoms with Crippen LogP contribution < -0.4 is 15.4 Å². The van der Waals surface area contributed by atoms with Gasteiger partial charge in [-0.1, -0.05) is 32.0 Å². The molecule has 0 radical (unpaired) electrons. The van der Waals surface area contributed by atoms with Gasteiger partial charge in [-0.25, -0.2) is 4.79 Å². The first-order chi connectivity index (χ1) is 12.1. The standard InChI is InChI=1S/C20H28N2O3/c1-20(2)17(15-7-5-9-24-18(15)20)22-19(23)21-11-13-10-14-6-3-4-8-16(14)25-12-13/h3-4,6,8,13,15,17-18H,5,7,9-12H2,1-2H3,(H2,21,22,23)/t13-,15-,17-,18+/m1/s1. The van der Waals surface area contributed by atoms with E-state index in [1.165, 1.54) is 5.56 Å². The van der Waals surface area contributed by atoms with E-state index in [-0.39, 0.29) is 23.6 Å². The molecule has 1 saturated heterocycles. The van der Waals surface area contributed by atoms with Crippen molar-refractivity contribution in [3.05, 3.63) is 29.8 Å². The van der Waals surface area contributed by atoms with Crippen molar-refractivity contribution in [2.45, 2.75) is 45.3 Å². The van der Waals surface area contributed by atoms with Gasteiger partial charge >= 0.3 is 6.03 Å². The van der Waals surface area contributed by atoms with Gasteiger partial charge in [0.25, 0.3) is 0 Å². The van der Waals surface area contributed by atoms with Crippen LogP contribution in [0.3, 0.4) is 0 Å². The van der Waals surface area contributed by atoms with E-state index in [1.807, 2.05) is 18.2 Å². The summed E-state index contributed by atoms with van der Waals surface area (Å²) in [6, 6.07) is 8.26. The SMILES string of the molecule is CC1(C)[C@H](NC(=O)NC[C@@H]2COc3ccccc3C2)[C@H]2CCCO[C@@H]21. The fourth-order valence-electron chi connectivity index (χ4n) is 4.77. The highest BCUT2D eigenvalue weighted by molar-refractivity contribution is 5.74. The van der Waals surface area contributed by atoms with Gasteiger partial charge in [-0.2, -0.15) is 0 Å². The summed E-state index contributed by atoms with van der Waals surface area (Å²) >= 11 is 0. The molecule has 2 heterocycles. The Labute approximate surface area is 149 Å². The Morgan fingerprint density at radius 2 is 2.16 bits per heavy atom. The van der Waals surface area contributed by atoms with E-state index in [0.29, 0.717) is 25.0 Å². The number of fused-ring (bicyclic) bond motifs is 2. The number of carbonyl (C=O) groups excluding carboxylic acids is 1. The van der Waals surface area contributed by atoms with Crippen LogP contribution in [0.1, 0.15) is 32.3 Å². The molecular formula is C20H28N2O3. The maximum Gasteiger partial charge on any atom is 0.315 e. The van der Waals surface area contributed by atoms with Crippen molar-refractivity contribution < 1.29 is 14.3 Å². The Kier molecular flexibility index (Phi) is 4.36. The van der Waals surface area contributed by atoms with Gasteiger partial charge in [0.05, 0.1) is 12.7 Å². The molecule has 2 fully saturated rings. The number of benzene rings is 1. The Morgan fingerprint density at radius 3 is 3.04 bits per heavy atom. The van der Waals surface area contributed by atoms with Crippen LogP contribution in [0, 0.1) is 17.3 Å². The van der Waals surface area contributed by atoms with Crippen molar-refractivity contribution >= 4 is 6.03 Å².